The van der Waals surface area contributed by atoms with Crippen LogP contribution in [0.15, 0.2) is 61.2 Å². The molecule has 0 aliphatic carbocycles. The second-order valence-corrected chi connectivity index (χ2v) is 5.88. The maximum atomic E-state index is 12.4. The molecule has 1 amide bonds. The van der Waals surface area contributed by atoms with E-state index in [1.54, 1.807) is 30.1 Å². The van der Waals surface area contributed by atoms with E-state index in [-0.39, 0.29) is 11.8 Å². The molecule has 114 valence electrons. The topological polar surface area (TPSA) is 20.3 Å². The molecule has 0 aliphatic heterocycles. The molecule has 0 saturated heterocycles. The normalized spacial score (nSPS) is 11.8. The number of carbonyl (C=O) groups is 1. The molecule has 0 aromatic heterocycles. The fourth-order valence-electron chi connectivity index (χ4n) is 2.24. The molecule has 0 heterocycles. The number of rotatable bonds is 5. The molecule has 0 fully saturated rings. The third kappa shape index (κ3) is 3.90. The van der Waals surface area contributed by atoms with Crippen LogP contribution in [0.25, 0.3) is 0 Å². The lowest BCUT2D eigenvalue weighted by Gasteiger charge is -2.23. The summed E-state index contributed by atoms with van der Waals surface area (Å²) >= 11 is 12.0. The van der Waals surface area contributed by atoms with Crippen molar-refractivity contribution in [3.05, 3.63) is 82.4 Å². The van der Waals surface area contributed by atoms with E-state index < -0.39 is 0 Å². The van der Waals surface area contributed by atoms with Gasteiger partial charge in [0.05, 0.1) is 10.0 Å². The van der Waals surface area contributed by atoms with Crippen molar-refractivity contribution in [2.24, 2.45) is 0 Å². The Hall–Kier alpha value is -1.77. The first-order chi connectivity index (χ1) is 10.5. The SMILES string of the molecule is C=CC(CN(C)C(=O)c1ccccc1)c1ccc(Cl)c(Cl)c1. The molecule has 0 aliphatic rings. The van der Waals surface area contributed by atoms with Gasteiger partial charge in [0.25, 0.3) is 5.91 Å². The van der Waals surface area contributed by atoms with Gasteiger partial charge in [-0.25, -0.2) is 0 Å². The Bertz CT molecular complexity index is 670. The standard InChI is InChI=1S/C18H17Cl2NO/c1-3-13(15-9-10-16(19)17(20)11-15)12-21(2)18(22)14-7-5-4-6-8-14/h3-11,13H,1,12H2,2H3. The molecule has 0 saturated carbocycles. The molecule has 2 aromatic rings. The Labute approximate surface area is 141 Å². The monoisotopic (exact) mass is 333 g/mol. The van der Waals surface area contributed by atoms with Gasteiger partial charge < -0.3 is 4.90 Å². The third-order valence-electron chi connectivity index (χ3n) is 3.49. The number of hydrogen-bond acceptors (Lipinski definition) is 1. The first kappa shape index (κ1) is 16.6. The van der Waals surface area contributed by atoms with E-state index in [0.29, 0.717) is 22.2 Å². The van der Waals surface area contributed by atoms with Crippen LogP contribution in [0.5, 0.6) is 0 Å². The highest BCUT2D eigenvalue weighted by Crippen LogP contribution is 2.27. The fraction of sp³-hybridized carbons (Fsp3) is 0.167. The minimum Gasteiger partial charge on any atom is -0.341 e. The number of carbonyl (C=O) groups excluding carboxylic acids is 1. The predicted molar refractivity (Wildman–Crippen MR) is 92.8 cm³/mol. The summed E-state index contributed by atoms with van der Waals surface area (Å²) in [5.41, 5.74) is 1.65. The van der Waals surface area contributed by atoms with Gasteiger partial charge in [-0.05, 0) is 29.8 Å². The van der Waals surface area contributed by atoms with Crippen LogP contribution >= 0.6 is 23.2 Å². The summed E-state index contributed by atoms with van der Waals surface area (Å²) < 4.78 is 0. The average Bonchev–Trinajstić information content (AvgIpc) is 2.55. The maximum absolute atomic E-state index is 12.4. The van der Waals surface area contributed by atoms with Gasteiger partial charge in [-0.15, -0.1) is 6.58 Å². The Morgan fingerprint density at radius 2 is 1.86 bits per heavy atom. The number of likely N-dealkylation sites (N-methyl/N-ethyl adjacent to an activating group) is 1. The molecule has 0 radical (unpaired) electrons. The summed E-state index contributed by atoms with van der Waals surface area (Å²) in [4.78, 5) is 14.1. The van der Waals surface area contributed by atoms with Crippen molar-refractivity contribution >= 4 is 29.1 Å². The van der Waals surface area contributed by atoms with Gasteiger partial charge in [0.15, 0.2) is 0 Å². The molecule has 1 unspecified atom stereocenters. The van der Waals surface area contributed by atoms with Gasteiger partial charge in [0.2, 0.25) is 0 Å². The summed E-state index contributed by atoms with van der Waals surface area (Å²) in [5.74, 6) is -0.0278. The van der Waals surface area contributed by atoms with Crippen molar-refractivity contribution in [2.45, 2.75) is 5.92 Å². The van der Waals surface area contributed by atoms with Crippen LogP contribution in [0.3, 0.4) is 0 Å². The summed E-state index contributed by atoms with van der Waals surface area (Å²) in [5, 5.41) is 1.02. The van der Waals surface area contributed by atoms with E-state index >= 15 is 0 Å². The van der Waals surface area contributed by atoms with E-state index in [9.17, 15) is 4.79 Å². The van der Waals surface area contributed by atoms with Gasteiger partial charge in [0.1, 0.15) is 0 Å². The van der Waals surface area contributed by atoms with E-state index in [0.717, 1.165) is 5.56 Å². The van der Waals surface area contributed by atoms with Gasteiger partial charge in [-0.3, -0.25) is 4.79 Å². The van der Waals surface area contributed by atoms with E-state index in [1.165, 1.54) is 0 Å². The number of amides is 1. The van der Waals surface area contributed by atoms with Crippen molar-refractivity contribution in [2.75, 3.05) is 13.6 Å². The predicted octanol–water partition coefficient (Wildman–Crippen LogP) is 5.04. The highest BCUT2D eigenvalue weighted by Gasteiger charge is 2.17. The van der Waals surface area contributed by atoms with Crippen molar-refractivity contribution in [1.29, 1.82) is 0 Å². The fourth-order valence-corrected chi connectivity index (χ4v) is 2.54. The van der Waals surface area contributed by atoms with Crippen LogP contribution < -0.4 is 0 Å². The molecule has 4 heteroatoms. The number of nitrogens with zero attached hydrogens (tertiary/aromatic N) is 1. The molecular formula is C18H17Cl2NO. The average molecular weight is 334 g/mol. The Balaban J connectivity index is 2.14. The molecule has 0 bridgehead atoms. The Morgan fingerprint density at radius 3 is 2.45 bits per heavy atom. The van der Waals surface area contributed by atoms with Crippen LogP contribution in [0.1, 0.15) is 21.8 Å². The number of benzene rings is 2. The van der Waals surface area contributed by atoms with Gasteiger partial charge in [-0.1, -0.05) is 53.5 Å². The first-order valence-electron chi connectivity index (χ1n) is 6.91. The smallest absolute Gasteiger partial charge is 0.253 e. The second-order valence-electron chi connectivity index (χ2n) is 5.07. The molecule has 0 spiro atoms. The second kappa shape index (κ2) is 7.48. The van der Waals surface area contributed by atoms with Crippen LogP contribution in [0.4, 0.5) is 0 Å². The zero-order chi connectivity index (χ0) is 16.1. The molecule has 2 rings (SSSR count). The van der Waals surface area contributed by atoms with Crippen molar-refractivity contribution in [3.8, 4) is 0 Å². The molecular weight excluding hydrogens is 317 g/mol. The van der Waals surface area contributed by atoms with Crippen LogP contribution in [0.2, 0.25) is 10.0 Å². The third-order valence-corrected chi connectivity index (χ3v) is 4.23. The summed E-state index contributed by atoms with van der Waals surface area (Å²) in [7, 11) is 1.78. The zero-order valence-corrected chi connectivity index (χ0v) is 13.8. The lowest BCUT2D eigenvalue weighted by molar-refractivity contribution is 0.0791. The minimum absolute atomic E-state index is 0.00701. The lowest BCUT2D eigenvalue weighted by Crippen LogP contribution is -2.30. The largest absolute Gasteiger partial charge is 0.341 e. The van der Waals surface area contributed by atoms with Crippen LogP contribution in [-0.2, 0) is 0 Å². The minimum atomic E-state index is -0.0208. The summed E-state index contributed by atoms with van der Waals surface area (Å²) in [6.07, 6.45) is 1.81. The van der Waals surface area contributed by atoms with E-state index in [2.05, 4.69) is 6.58 Å². The van der Waals surface area contributed by atoms with E-state index in [1.807, 2.05) is 36.4 Å². The number of halogens is 2. The molecule has 2 nitrogen and oxygen atoms in total. The zero-order valence-electron chi connectivity index (χ0n) is 12.3. The van der Waals surface area contributed by atoms with Crippen LogP contribution in [-0.4, -0.2) is 24.4 Å². The van der Waals surface area contributed by atoms with E-state index in [4.69, 9.17) is 23.2 Å². The molecule has 0 N–H and O–H groups in total. The van der Waals surface area contributed by atoms with Crippen LogP contribution in [0, 0.1) is 0 Å². The lowest BCUT2D eigenvalue weighted by atomic mass is 9.98. The highest BCUT2D eigenvalue weighted by atomic mass is 35.5. The summed E-state index contributed by atoms with van der Waals surface area (Å²) in [6.45, 7) is 4.38. The van der Waals surface area contributed by atoms with Gasteiger partial charge >= 0.3 is 0 Å². The first-order valence-corrected chi connectivity index (χ1v) is 7.66. The van der Waals surface area contributed by atoms with Crippen molar-refractivity contribution in [3.63, 3.8) is 0 Å². The quantitative estimate of drug-likeness (QED) is 0.702. The molecule has 2 aromatic carbocycles. The Morgan fingerprint density at radius 1 is 1.18 bits per heavy atom. The summed E-state index contributed by atoms with van der Waals surface area (Å²) in [6, 6.07) is 14.7. The molecule has 1 atom stereocenters. The van der Waals surface area contributed by atoms with Gasteiger partial charge in [0, 0.05) is 25.1 Å². The maximum Gasteiger partial charge on any atom is 0.253 e. The van der Waals surface area contributed by atoms with Gasteiger partial charge in [-0.2, -0.15) is 0 Å². The number of hydrogen-bond donors (Lipinski definition) is 0. The highest BCUT2D eigenvalue weighted by molar-refractivity contribution is 6.42. The Kier molecular flexibility index (Phi) is 5.64. The molecule has 22 heavy (non-hydrogen) atoms. The van der Waals surface area contributed by atoms with Crippen molar-refractivity contribution < 1.29 is 4.79 Å². The van der Waals surface area contributed by atoms with Crippen molar-refractivity contribution in [1.82, 2.24) is 4.90 Å².